The maximum Gasteiger partial charge on any atom is 0.185 e. The molecular weight excluding hydrogens is 254 g/mol. The number of hydrogen-bond acceptors (Lipinski definition) is 4. The number of nitrogens with one attached hydrogen (secondary N) is 1. The SMILES string of the molecule is COCCn1ncc(Cl)c1C(=O)C1CCNCC1. The third-order valence-corrected chi connectivity index (χ3v) is 3.52. The van der Waals surface area contributed by atoms with Gasteiger partial charge in [-0.25, -0.2) is 0 Å². The lowest BCUT2D eigenvalue weighted by atomic mass is 9.92. The number of methoxy groups -OCH3 is 1. The van der Waals surface area contributed by atoms with Crippen molar-refractivity contribution in [2.24, 2.45) is 5.92 Å². The van der Waals surface area contributed by atoms with Gasteiger partial charge in [0.1, 0.15) is 5.69 Å². The molecule has 2 heterocycles. The molecule has 1 fully saturated rings. The van der Waals surface area contributed by atoms with Crippen LogP contribution in [-0.2, 0) is 11.3 Å². The Morgan fingerprint density at radius 2 is 2.33 bits per heavy atom. The second-order valence-corrected chi connectivity index (χ2v) is 4.85. The number of halogens is 1. The molecule has 2 rings (SSSR count). The fourth-order valence-electron chi connectivity index (χ4n) is 2.23. The summed E-state index contributed by atoms with van der Waals surface area (Å²) in [5.41, 5.74) is 0.528. The number of ketones is 1. The second kappa shape index (κ2) is 6.31. The predicted molar refractivity (Wildman–Crippen MR) is 69.0 cm³/mol. The molecule has 0 amide bonds. The fourth-order valence-corrected chi connectivity index (χ4v) is 2.47. The molecule has 5 nitrogen and oxygen atoms in total. The molecule has 1 N–H and O–H groups in total. The first-order chi connectivity index (χ1) is 8.74. The molecule has 1 aliphatic rings. The van der Waals surface area contributed by atoms with Crippen molar-refractivity contribution >= 4 is 17.4 Å². The van der Waals surface area contributed by atoms with Crippen LogP contribution in [0.3, 0.4) is 0 Å². The van der Waals surface area contributed by atoms with Crippen LogP contribution in [0.4, 0.5) is 0 Å². The molecule has 6 heteroatoms. The van der Waals surface area contributed by atoms with Crippen LogP contribution in [0.5, 0.6) is 0 Å². The molecule has 1 saturated heterocycles. The number of carbonyl (C=O) groups excluding carboxylic acids is 1. The van der Waals surface area contributed by atoms with Crippen molar-refractivity contribution in [3.8, 4) is 0 Å². The Morgan fingerprint density at radius 1 is 1.61 bits per heavy atom. The summed E-state index contributed by atoms with van der Waals surface area (Å²) in [4.78, 5) is 12.5. The van der Waals surface area contributed by atoms with Gasteiger partial charge in [-0.05, 0) is 25.9 Å². The Bertz CT molecular complexity index is 413. The van der Waals surface area contributed by atoms with Gasteiger partial charge in [0.15, 0.2) is 5.78 Å². The largest absolute Gasteiger partial charge is 0.383 e. The van der Waals surface area contributed by atoms with Crippen LogP contribution in [0, 0.1) is 5.92 Å². The monoisotopic (exact) mass is 271 g/mol. The van der Waals surface area contributed by atoms with Crippen LogP contribution in [0.2, 0.25) is 5.02 Å². The van der Waals surface area contributed by atoms with Crippen molar-refractivity contribution in [1.29, 1.82) is 0 Å². The highest BCUT2D eigenvalue weighted by Crippen LogP contribution is 2.23. The maximum atomic E-state index is 12.5. The van der Waals surface area contributed by atoms with Gasteiger partial charge in [-0.2, -0.15) is 5.10 Å². The van der Waals surface area contributed by atoms with E-state index in [1.807, 2.05) is 0 Å². The number of Topliss-reactive ketones (excluding diaryl/α,β-unsaturated/α-hetero) is 1. The molecular formula is C12H18ClN3O2. The third kappa shape index (κ3) is 2.91. The molecule has 0 saturated carbocycles. The summed E-state index contributed by atoms with van der Waals surface area (Å²) in [6.07, 6.45) is 3.26. The minimum Gasteiger partial charge on any atom is -0.383 e. The number of nitrogens with zero attached hydrogens (tertiary/aromatic N) is 2. The lowest BCUT2D eigenvalue weighted by Crippen LogP contribution is -2.33. The molecule has 0 spiro atoms. The predicted octanol–water partition coefficient (Wildman–Crippen LogP) is 1.37. The van der Waals surface area contributed by atoms with Crippen molar-refractivity contribution in [3.05, 3.63) is 16.9 Å². The van der Waals surface area contributed by atoms with Gasteiger partial charge in [-0.1, -0.05) is 11.6 Å². The van der Waals surface area contributed by atoms with Gasteiger partial charge in [-0.3, -0.25) is 9.48 Å². The maximum absolute atomic E-state index is 12.5. The Hall–Kier alpha value is -0.910. The quantitative estimate of drug-likeness (QED) is 0.822. The summed E-state index contributed by atoms with van der Waals surface area (Å²) in [7, 11) is 1.62. The first-order valence-corrected chi connectivity index (χ1v) is 6.57. The number of hydrogen-bond donors (Lipinski definition) is 1. The van der Waals surface area contributed by atoms with E-state index in [1.165, 1.54) is 6.20 Å². The Kier molecular flexibility index (Phi) is 4.74. The Balaban J connectivity index is 2.14. The summed E-state index contributed by atoms with van der Waals surface area (Å²) < 4.78 is 6.66. The number of rotatable bonds is 5. The molecule has 1 aliphatic heterocycles. The molecule has 0 unspecified atom stereocenters. The average molecular weight is 272 g/mol. The lowest BCUT2D eigenvalue weighted by Gasteiger charge is -2.21. The van der Waals surface area contributed by atoms with Gasteiger partial charge in [0, 0.05) is 13.0 Å². The molecule has 1 aromatic heterocycles. The summed E-state index contributed by atoms with van der Waals surface area (Å²) >= 11 is 6.08. The van der Waals surface area contributed by atoms with Crippen molar-refractivity contribution in [2.45, 2.75) is 19.4 Å². The molecule has 0 aromatic carbocycles. The zero-order valence-electron chi connectivity index (χ0n) is 10.5. The van der Waals surface area contributed by atoms with Gasteiger partial charge in [-0.15, -0.1) is 0 Å². The van der Waals surface area contributed by atoms with E-state index in [1.54, 1.807) is 11.8 Å². The third-order valence-electron chi connectivity index (χ3n) is 3.25. The van der Waals surface area contributed by atoms with Crippen molar-refractivity contribution in [3.63, 3.8) is 0 Å². The van der Waals surface area contributed by atoms with E-state index in [0.717, 1.165) is 25.9 Å². The van der Waals surface area contributed by atoms with E-state index < -0.39 is 0 Å². The number of ether oxygens (including phenoxy) is 1. The van der Waals surface area contributed by atoms with Crippen LogP contribution in [-0.4, -0.2) is 42.4 Å². The molecule has 0 atom stereocenters. The second-order valence-electron chi connectivity index (χ2n) is 4.45. The summed E-state index contributed by atoms with van der Waals surface area (Å²) in [5.74, 6) is 0.164. The van der Waals surface area contributed by atoms with Gasteiger partial charge >= 0.3 is 0 Å². The van der Waals surface area contributed by atoms with Crippen LogP contribution in [0.25, 0.3) is 0 Å². The zero-order chi connectivity index (χ0) is 13.0. The van der Waals surface area contributed by atoms with E-state index in [2.05, 4.69) is 10.4 Å². The van der Waals surface area contributed by atoms with E-state index in [9.17, 15) is 4.79 Å². The van der Waals surface area contributed by atoms with Crippen molar-refractivity contribution < 1.29 is 9.53 Å². The van der Waals surface area contributed by atoms with Gasteiger partial charge in [0.2, 0.25) is 0 Å². The van der Waals surface area contributed by atoms with E-state index >= 15 is 0 Å². The topological polar surface area (TPSA) is 56.2 Å². The molecule has 0 aliphatic carbocycles. The fraction of sp³-hybridized carbons (Fsp3) is 0.667. The summed E-state index contributed by atoms with van der Waals surface area (Å²) in [5, 5.41) is 7.83. The highest BCUT2D eigenvalue weighted by molar-refractivity contribution is 6.33. The minimum absolute atomic E-state index is 0.0572. The van der Waals surface area contributed by atoms with Crippen molar-refractivity contribution in [1.82, 2.24) is 15.1 Å². The van der Waals surface area contributed by atoms with Crippen LogP contribution in [0.15, 0.2) is 6.20 Å². The molecule has 18 heavy (non-hydrogen) atoms. The van der Waals surface area contributed by atoms with E-state index in [4.69, 9.17) is 16.3 Å². The summed E-state index contributed by atoms with van der Waals surface area (Å²) in [6, 6.07) is 0. The lowest BCUT2D eigenvalue weighted by molar-refractivity contribution is 0.0880. The van der Waals surface area contributed by atoms with E-state index in [0.29, 0.717) is 23.9 Å². The van der Waals surface area contributed by atoms with Gasteiger partial charge < -0.3 is 10.1 Å². The zero-order valence-corrected chi connectivity index (χ0v) is 11.2. The number of piperidine rings is 1. The average Bonchev–Trinajstić information content (AvgIpc) is 2.77. The Morgan fingerprint density at radius 3 is 3.00 bits per heavy atom. The van der Waals surface area contributed by atoms with Gasteiger partial charge in [0.25, 0.3) is 0 Å². The molecule has 100 valence electrons. The molecule has 0 bridgehead atoms. The first-order valence-electron chi connectivity index (χ1n) is 6.19. The number of carbonyl (C=O) groups is 1. The smallest absolute Gasteiger partial charge is 0.185 e. The van der Waals surface area contributed by atoms with Crippen LogP contribution < -0.4 is 5.32 Å². The highest BCUT2D eigenvalue weighted by atomic mass is 35.5. The normalized spacial score (nSPS) is 17.0. The number of aromatic nitrogens is 2. The minimum atomic E-state index is 0.0572. The molecule has 0 radical (unpaired) electrons. The van der Waals surface area contributed by atoms with Gasteiger partial charge in [0.05, 0.1) is 24.4 Å². The summed E-state index contributed by atoms with van der Waals surface area (Å²) in [6.45, 7) is 2.85. The Labute approximate surface area is 111 Å². The van der Waals surface area contributed by atoms with E-state index in [-0.39, 0.29) is 11.7 Å². The first kappa shape index (κ1) is 13.5. The highest BCUT2D eigenvalue weighted by Gasteiger charge is 2.27. The standard InChI is InChI=1S/C12H18ClN3O2/c1-18-7-6-16-11(10(13)8-15-16)12(17)9-2-4-14-5-3-9/h8-9,14H,2-7H2,1H3. The molecule has 1 aromatic rings. The van der Waals surface area contributed by atoms with Crippen molar-refractivity contribution in [2.75, 3.05) is 26.8 Å². The van der Waals surface area contributed by atoms with Crippen LogP contribution >= 0.6 is 11.6 Å². The van der Waals surface area contributed by atoms with Crippen LogP contribution in [0.1, 0.15) is 23.3 Å².